The van der Waals surface area contributed by atoms with E-state index in [2.05, 4.69) is 5.32 Å². The third-order valence-electron chi connectivity index (χ3n) is 4.08. The standard InChI is InChI=1S/C17H24N2O4S/c1-14-5-7-15(8-6-14)24(22,23)13-9-16(20)18-10-3-12-19-11-2-4-17(19)21/h5-8H,2-4,9-13H2,1H3,(H,18,20). The maximum absolute atomic E-state index is 12.2. The van der Waals surface area contributed by atoms with Gasteiger partial charge in [0.05, 0.1) is 10.6 Å². The average molecular weight is 352 g/mol. The van der Waals surface area contributed by atoms with Crippen LogP contribution in [0.3, 0.4) is 0 Å². The number of carbonyl (C=O) groups excluding carboxylic acids is 2. The highest BCUT2D eigenvalue weighted by Crippen LogP contribution is 2.13. The monoisotopic (exact) mass is 352 g/mol. The average Bonchev–Trinajstić information content (AvgIpc) is 2.95. The SMILES string of the molecule is Cc1ccc(S(=O)(=O)CCC(=O)NCCCN2CCCC2=O)cc1. The van der Waals surface area contributed by atoms with Gasteiger partial charge in [-0.05, 0) is 31.9 Å². The Morgan fingerprint density at radius 3 is 2.58 bits per heavy atom. The van der Waals surface area contributed by atoms with Gasteiger partial charge in [0, 0.05) is 32.5 Å². The van der Waals surface area contributed by atoms with Gasteiger partial charge in [-0.2, -0.15) is 0 Å². The Morgan fingerprint density at radius 2 is 1.96 bits per heavy atom. The van der Waals surface area contributed by atoms with Crippen LogP contribution < -0.4 is 5.32 Å². The molecule has 1 aromatic carbocycles. The number of sulfone groups is 1. The van der Waals surface area contributed by atoms with E-state index in [0.717, 1.165) is 18.5 Å². The van der Waals surface area contributed by atoms with Crippen LogP contribution in [0.1, 0.15) is 31.2 Å². The summed E-state index contributed by atoms with van der Waals surface area (Å²) in [6.45, 7) is 3.77. The number of nitrogens with zero attached hydrogens (tertiary/aromatic N) is 1. The van der Waals surface area contributed by atoms with Crippen molar-refractivity contribution in [1.29, 1.82) is 0 Å². The van der Waals surface area contributed by atoms with Gasteiger partial charge < -0.3 is 10.2 Å². The van der Waals surface area contributed by atoms with E-state index in [1.807, 2.05) is 6.92 Å². The summed E-state index contributed by atoms with van der Waals surface area (Å²) in [5.41, 5.74) is 0.989. The van der Waals surface area contributed by atoms with Crippen molar-refractivity contribution in [3.8, 4) is 0 Å². The van der Waals surface area contributed by atoms with E-state index < -0.39 is 9.84 Å². The van der Waals surface area contributed by atoms with Crippen molar-refractivity contribution in [2.24, 2.45) is 0 Å². The highest BCUT2D eigenvalue weighted by Gasteiger charge is 2.19. The molecule has 1 saturated heterocycles. The number of carbonyl (C=O) groups is 2. The highest BCUT2D eigenvalue weighted by molar-refractivity contribution is 7.91. The summed E-state index contributed by atoms with van der Waals surface area (Å²) >= 11 is 0. The lowest BCUT2D eigenvalue weighted by atomic mass is 10.2. The fourth-order valence-electron chi connectivity index (χ4n) is 2.62. The van der Waals surface area contributed by atoms with Crippen molar-refractivity contribution in [3.05, 3.63) is 29.8 Å². The van der Waals surface area contributed by atoms with Crippen molar-refractivity contribution in [3.63, 3.8) is 0 Å². The molecule has 0 radical (unpaired) electrons. The maximum atomic E-state index is 12.2. The normalized spacial score (nSPS) is 14.9. The fourth-order valence-corrected chi connectivity index (χ4v) is 3.86. The first-order chi connectivity index (χ1) is 11.4. The molecule has 0 atom stereocenters. The van der Waals surface area contributed by atoms with E-state index in [1.54, 1.807) is 29.2 Å². The largest absolute Gasteiger partial charge is 0.356 e. The summed E-state index contributed by atoms with van der Waals surface area (Å²) in [6, 6.07) is 6.62. The van der Waals surface area contributed by atoms with E-state index in [-0.39, 0.29) is 28.9 Å². The van der Waals surface area contributed by atoms with E-state index in [1.165, 1.54) is 0 Å². The summed E-state index contributed by atoms with van der Waals surface area (Å²) in [5.74, 6) is -0.309. The van der Waals surface area contributed by atoms with Gasteiger partial charge >= 0.3 is 0 Å². The summed E-state index contributed by atoms with van der Waals surface area (Å²) in [7, 11) is -3.44. The van der Waals surface area contributed by atoms with Crippen LogP contribution >= 0.6 is 0 Å². The van der Waals surface area contributed by atoms with Crippen LogP contribution in [0.2, 0.25) is 0 Å². The molecule has 0 aliphatic carbocycles. The number of amides is 2. The van der Waals surface area contributed by atoms with Crippen molar-refractivity contribution in [1.82, 2.24) is 10.2 Å². The first-order valence-corrected chi connectivity index (χ1v) is 9.87. The Kier molecular flexibility index (Phi) is 6.36. The van der Waals surface area contributed by atoms with Gasteiger partial charge in [0.2, 0.25) is 11.8 Å². The fraction of sp³-hybridized carbons (Fsp3) is 0.529. The van der Waals surface area contributed by atoms with Crippen LogP contribution in [-0.4, -0.2) is 50.5 Å². The molecule has 0 saturated carbocycles. The number of likely N-dealkylation sites (tertiary alicyclic amines) is 1. The molecule has 132 valence electrons. The topological polar surface area (TPSA) is 83.6 Å². The van der Waals surface area contributed by atoms with Crippen LogP contribution in [0, 0.1) is 6.92 Å². The molecule has 1 aliphatic heterocycles. The van der Waals surface area contributed by atoms with Gasteiger partial charge in [0.15, 0.2) is 9.84 Å². The second kappa shape index (κ2) is 8.28. The third kappa shape index (κ3) is 5.33. The molecule has 0 aromatic heterocycles. The smallest absolute Gasteiger partial charge is 0.222 e. The highest BCUT2D eigenvalue weighted by atomic mass is 32.2. The molecule has 0 spiro atoms. The molecule has 24 heavy (non-hydrogen) atoms. The van der Waals surface area contributed by atoms with Crippen LogP contribution in [-0.2, 0) is 19.4 Å². The second-order valence-corrected chi connectivity index (χ2v) is 8.18. The minimum absolute atomic E-state index is 0.0567. The zero-order valence-corrected chi connectivity index (χ0v) is 14.8. The zero-order chi connectivity index (χ0) is 17.6. The van der Waals surface area contributed by atoms with Gasteiger partial charge in [0.1, 0.15) is 0 Å². The van der Waals surface area contributed by atoms with Gasteiger partial charge in [0.25, 0.3) is 0 Å². The Hall–Kier alpha value is -1.89. The van der Waals surface area contributed by atoms with E-state index >= 15 is 0 Å². The lowest BCUT2D eigenvalue weighted by Crippen LogP contribution is -2.31. The molecule has 7 heteroatoms. The molecule has 1 N–H and O–H groups in total. The maximum Gasteiger partial charge on any atom is 0.222 e. The van der Waals surface area contributed by atoms with Gasteiger partial charge in [-0.1, -0.05) is 17.7 Å². The molecule has 6 nitrogen and oxygen atoms in total. The zero-order valence-electron chi connectivity index (χ0n) is 14.0. The molecule has 1 heterocycles. The first kappa shape index (κ1) is 18.4. The molecule has 1 aromatic rings. The molecular formula is C17H24N2O4S. The Labute approximate surface area is 143 Å². The summed E-state index contributed by atoms with van der Waals surface area (Å²) in [4.78, 5) is 25.3. The van der Waals surface area contributed by atoms with E-state index in [4.69, 9.17) is 0 Å². The lowest BCUT2D eigenvalue weighted by Gasteiger charge is -2.15. The van der Waals surface area contributed by atoms with Crippen LogP contribution in [0.15, 0.2) is 29.2 Å². The van der Waals surface area contributed by atoms with Gasteiger partial charge in [-0.25, -0.2) is 8.42 Å². The molecule has 2 rings (SSSR count). The van der Waals surface area contributed by atoms with Crippen LogP contribution in [0.25, 0.3) is 0 Å². The number of nitrogens with one attached hydrogen (secondary N) is 1. The number of hydrogen-bond acceptors (Lipinski definition) is 4. The van der Waals surface area contributed by atoms with Crippen molar-refractivity contribution in [2.45, 2.75) is 37.5 Å². The molecule has 1 aliphatic rings. The summed E-state index contributed by atoms with van der Waals surface area (Å²) in [6.07, 6.45) is 2.15. The van der Waals surface area contributed by atoms with E-state index in [9.17, 15) is 18.0 Å². The minimum Gasteiger partial charge on any atom is -0.356 e. The predicted octanol–water partition coefficient (Wildman–Crippen LogP) is 1.29. The number of rotatable bonds is 8. The van der Waals surface area contributed by atoms with Crippen molar-refractivity contribution >= 4 is 21.7 Å². The van der Waals surface area contributed by atoms with Crippen molar-refractivity contribution in [2.75, 3.05) is 25.4 Å². The van der Waals surface area contributed by atoms with Crippen LogP contribution in [0.5, 0.6) is 0 Å². The molecule has 1 fully saturated rings. The Morgan fingerprint density at radius 1 is 1.25 bits per heavy atom. The van der Waals surface area contributed by atoms with E-state index in [0.29, 0.717) is 25.9 Å². The summed E-state index contributed by atoms with van der Waals surface area (Å²) < 4.78 is 24.3. The first-order valence-electron chi connectivity index (χ1n) is 8.22. The Bertz CT molecular complexity index is 683. The molecule has 0 bridgehead atoms. The third-order valence-corrected chi connectivity index (χ3v) is 5.81. The second-order valence-electron chi connectivity index (χ2n) is 6.07. The number of hydrogen-bond donors (Lipinski definition) is 1. The number of benzene rings is 1. The lowest BCUT2D eigenvalue weighted by molar-refractivity contribution is -0.127. The Balaban J connectivity index is 1.68. The number of aryl methyl sites for hydroxylation is 1. The predicted molar refractivity (Wildman–Crippen MR) is 91.3 cm³/mol. The quantitative estimate of drug-likeness (QED) is 0.715. The van der Waals surface area contributed by atoms with Crippen LogP contribution in [0.4, 0.5) is 0 Å². The molecule has 2 amide bonds. The van der Waals surface area contributed by atoms with Gasteiger partial charge in [-0.3, -0.25) is 9.59 Å². The summed E-state index contributed by atoms with van der Waals surface area (Å²) in [5, 5.41) is 2.71. The van der Waals surface area contributed by atoms with Crippen molar-refractivity contribution < 1.29 is 18.0 Å². The van der Waals surface area contributed by atoms with Gasteiger partial charge in [-0.15, -0.1) is 0 Å². The molecular weight excluding hydrogens is 328 g/mol. The molecule has 0 unspecified atom stereocenters. The minimum atomic E-state index is -3.44.